The summed E-state index contributed by atoms with van der Waals surface area (Å²) >= 11 is 1.72. The first kappa shape index (κ1) is 6.67. The number of hydrogen-bond acceptors (Lipinski definition) is 4. The van der Waals surface area contributed by atoms with E-state index in [1.165, 1.54) is 6.33 Å². The molecule has 1 aromatic rings. The number of thioether (sulfide) groups is 1. The van der Waals surface area contributed by atoms with Gasteiger partial charge in [0.1, 0.15) is 11.7 Å². The molecule has 56 valence electrons. The molecule has 0 saturated heterocycles. The van der Waals surface area contributed by atoms with E-state index in [0.29, 0.717) is 5.37 Å². The molecule has 1 aromatic heterocycles. The van der Waals surface area contributed by atoms with Gasteiger partial charge in [0.2, 0.25) is 0 Å². The van der Waals surface area contributed by atoms with E-state index >= 15 is 0 Å². The number of rotatable bonds is 1. The van der Waals surface area contributed by atoms with E-state index in [1.807, 2.05) is 24.0 Å². The Bertz CT molecular complexity index is 252. The summed E-state index contributed by atoms with van der Waals surface area (Å²) in [5.41, 5.74) is 1.11. The molecule has 0 saturated carbocycles. The zero-order valence-corrected chi connectivity index (χ0v) is 6.58. The molecular weight excluding hydrogens is 158 g/mol. The van der Waals surface area contributed by atoms with Crippen molar-refractivity contribution in [1.29, 1.82) is 0 Å². The van der Waals surface area contributed by atoms with E-state index in [2.05, 4.69) is 15.3 Å². The Balaban J connectivity index is 2.17. The fraction of sp³-hybridized carbons (Fsp3) is 0.143. The highest BCUT2D eigenvalue weighted by atomic mass is 32.2. The second-order valence-electron chi connectivity index (χ2n) is 2.16. The van der Waals surface area contributed by atoms with Crippen LogP contribution in [0.25, 0.3) is 0 Å². The van der Waals surface area contributed by atoms with Crippen molar-refractivity contribution in [1.82, 2.24) is 15.3 Å². The SMILES string of the molecule is C1=CSC(c2cncnc2)N1. The molecule has 4 heteroatoms. The van der Waals surface area contributed by atoms with Crippen LogP contribution in [0.5, 0.6) is 0 Å². The molecule has 0 spiro atoms. The lowest BCUT2D eigenvalue weighted by atomic mass is 10.3. The third-order valence-corrected chi connectivity index (χ3v) is 2.39. The van der Waals surface area contributed by atoms with E-state index in [4.69, 9.17) is 0 Å². The molecule has 1 unspecified atom stereocenters. The van der Waals surface area contributed by atoms with Crippen molar-refractivity contribution in [3.05, 3.63) is 35.9 Å². The Morgan fingerprint density at radius 3 is 2.82 bits per heavy atom. The zero-order chi connectivity index (χ0) is 7.52. The van der Waals surface area contributed by atoms with Crippen LogP contribution in [0.2, 0.25) is 0 Å². The van der Waals surface area contributed by atoms with Gasteiger partial charge in [0.05, 0.1) is 0 Å². The highest BCUT2D eigenvalue weighted by Crippen LogP contribution is 2.29. The average molecular weight is 165 g/mol. The Hall–Kier alpha value is -1.03. The molecule has 1 aliphatic rings. The quantitative estimate of drug-likeness (QED) is 0.680. The van der Waals surface area contributed by atoms with E-state index < -0.39 is 0 Å². The molecule has 0 radical (unpaired) electrons. The summed E-state index contributed by atoms with van der Waals surface area (Å²) in [6, 6.07) is 0. The maximum atomic E-state index is 3.94. The van der Waals surface area contributed by atoms with Crippen LogP contribution in [-0.2, 0) is 0 Å². The molecule has 0 bridgehead atoms. The predicted molar refractivity (Wildman–Crippen MR) is 44.6 cm³/mol. The maximum absolute atomic E-state index is 3.94. The first-order chi connectivity index (χ1) is 5.47. The molecule has 1 N–H and O–H groups in total. The zero-order valence-electron chi connectivity index (χ0n) is 5.77. The molecule has 11 heavy (non-hydrogen) atoms. The molecule has 2 heterocycles. The van der Waals surface area contributed by atoms with Crippen molar-refractivity contribution in [2.24, 2.45) is 0 Å². The van der Waals surface area contributed by atoms with Gasteiger partial charge >= 0.3 is 0 Å². The number of hydrogen-bond donors (Lipinski definition) is 1. The van der Waals surface area contributed by atoms with E-state index in [0.717, 1.165) is 5.56 Å². The summed E-state index contributed by atoms with van der Waals surface area (Å²) in [5, 5.41) is 5.50. The summed E-state index contributed by atoms with van der Waals surface area (Å²) in [4.78, 5) is 7.87. The molecule has 0 aromatic carbocycles. The molecule has 3 nitrogen and oxygen atoms in total. The average Bonchev–Trinajstić information content (AvgIpc) is 2.58. The highest BCUT2D eigenvalue weighted by Gasteiger charge is 2.11. The summed E-state index contributed by atoms with van der Waals surface area (Å²) < 4.78 is 0. The van der Waals surface area contributed by atoms with E-state index in [1.54, 1.807) is 11.8 Å². The summed E-state index contributed by atoms with van der Waals surface area (Å²) in [7, 11) is 0. The lowest BCUT2D eigenvalue weighted by Crippen LogP contribution is -2.07. The van der Waals surface area contributed by atoms with Crippen LogP contribution >= 0.6 is 11.8 Å². The van der Waals surface area contributed by atoms with Crippen LogP contribution in [0.15, 0.2) is 30.3 Å². The van der Waals surface area contributed by atoms with Crippen LogP contribution in [0.4, 0.5) is 0 Å². The number of nitrogens with one attached hydrogen (secondary N) is 1. The van der Waals surface area contributed by atoms with E-state index in [9.17, 15) is 0 Å². The number of aromatic nitrogens is 2. The molecule has 0 aliphatic carbocycles. The summed E-state index contributed by atoms with van der Waals surface area (Å²) in [6.07, 6.45) is 7.12. The molecule has 1 atom stereocenters. The Morgan fingerprint density at radius 1 is 1.36 bits per heavy atom. The van der Waals surface area contributed by atoms with Gasteiger partial charge in [0.15, 0.2) is 0 Å². The van der Waals surface area contributed by atoms with Crippen molar-refractivity contribution < 1.29 is 0 Å². The fourth-order valence-corrected chi connectivity index (χ4v) is 1.65. The van der Waals surface area contributed by atoms with Gasteiger partial charge in [0, 0.05) is 24.2 Å². The smallest absolute Gasteiger partial charge is 0.115 e. The standard InChI is InChI=1S/C7H7N3S/c1-2-11-7(10-1)6-3-8-5-9-4-6/h1-5,7,10H. The van der Waals surface area contributed by atoms with Gasteiger partial charge in [0.25, 0.3) is 0 Å². The predicted octanol–water partition coefficient (Wildman–Crippen LogP) is 1.28. The van der Waals surface area contributed by atoms with Crippen molar-refractivity contribution in [2.75, 3.05) is 0 Å². The van der Waals surface area contributed by atoms with Crippen LogP contribution in [0.3, 0.4) is 0 Å². The normalized spacial score (nSPS) is 21.6. The summed E-state index contributed by atoms with van der Waals surface area (Å²) in [6.45, 7) is 0. The first-order valence-electron chi connectivity index (χ1n) is 3.28. The highest BCUT2D eigenvalue weighted by molar-refractivity contribution is 8.02. The van der Waals surface area contributed by atoms with Crippen molar-refractivity contribution in [2.45, 2.75) is 5.37 Å². The van der Waals surface area contributed by atoms with Crippen molar-refractivity contribution in [3.63, 3.8) is 0 Å². The van der Waals surface area contributed by atoms with Crippen molar-refractivity contribution in [3.8, 4) is 0 Å². The Kier molecular flexibility index (Phi) is 1.77. The molecule has 0 amide bonds. The third-order valence-electron chi connectivity index (χ3n) is 1.41. The minimum Gasteiger partial charge on any atom is -0.375 e. The molecule has 1 aliphatic heterocycles. The van der Waals surface area contributed by atoms with Crippen molar-refractivity contribution >= 4 is 11.8 Å². The van der Waals surface area contributed by atoms with Crippen LogP contribution in [-0.4, -0.2) is 9.97 Å². The second kappa shape index (κ2) is 2.92. The minimum absolute atomic E-state index is 0.302. The lowest BCUT2D eigenvalue weighted by molar-refractivity contribution is 0.846. The van der Waals surface area contributed by atoms with Gasteiger partial charge in [-0.05, 0) is 5.41 Å². The first-order valence-corrected chi connectivity index (χ1v) is 4.22. The fourth-order valence-electron chi connectivity index (χ4n) is 0.905. The minimum atomic E-state index is 0.302. The van der Waals surface area contributed by atoms with Gasteiger partial charge in [-0.2, -0.15) is 0 Å². The second-order valence-corrected chi connectivity index (χ2v) is 3.17. The molecule has 0 fully saturated rings. The van der Waals surface area contributed by atoms with Gasteiger partial charge in [-0.25, -0.2) is 9.97 Å². The van der Waals surface area contributed by atoms with Crippen LogP contribution in [0, 0.1) is 0 Å². The van der Waals surface area contributed by atoms with Gasteiger partial charge in [-0.15, -0.1) is 11.8 Å². The van der Waals surface area contributed by atoms with Gasteiger partial charge < -0.3 is 5.32 Å². The Morgan fingerprint density at radius 2 is 2.18 bits per heavy atom. The molecule has 2 rings (SSSR count). The third kappa shape index (κ3) is 1.35. The topological polar surface area (TPSA) is 37.8 Å². The van der Waals surface area contributed by atoms with E-state index in [-0.39, 0.29) is 0 Å². The van der Waals surface area contributed by atoms with Gasteiger partial charge in [-0.3, -0.25) is 0 Å². The van der Waals surface area contributed by atoms with Crippen LogP contribution in [0.1, 0.15) is 10.9 Å². The van der Waals surface area contributed by atoms with Crippen LogP contribution < -0.4 is 5.32 Å². The van der Waals surface area contributed by atoms with Gasteiger partial charge in [-0.1, -0.05) is 0 Å². The Labute approximate surface area is 68.9 Å². The largest absolute Gasteiger partial charge is 0.375 e. The monoisotopic (exact) mass is 165 g/mol. The summed E-state index contributed by atoms with van der Waals surface area (Å²) in [5.74, 6) is 0. The maximum Gasteiger partial charge on any atom is 0.115 e. The number of nitrogens with zero attached hydrogens (tertiary/aromatic N) is 2. The molecular formula is C7H7N3S. The lowest BCUT2D eigenvalue weighted by Gasteiger charge is -2.07.